The fourth-order valence-corrected chi connectivity index (χ4v) is 1.37. The van der Waals surface area contributed by atoms with Crippen LogP contribution in [0.2, 0.25) is 0 Å². The van der Waals surface area contributed by atoms with Crippen molar-refractivity contribution in [3.8, 4) is 0 Å². The first-order chi connectivity index (χ1) is 10.7. The zero-order valence-corrected chi connectivity index (χ0v) is 10.9. The summed E-state index contributed by atoms with van der Waals surface area (Å²) in [5.41, 5.74) is -1.29. The Balaban J connectivity index is 3.08. The van der Waals surface area contributed by atoms with E-state index in [0.29, 0.717) is 0 Å². The first-order valence-electron chi connectivity index (χ1n) is 5.61. The molecule has 0 saturated carbocycles. The van der Waals surface area contributed by atoms with Gasteiger partial charge in [-0.15, -0.1) is 0 Å². The van der Waals surface area contributed by atoms with Crippen molar-refractivity contribution >= 4 is 11.7 Å². The summed E-state index contributed by atoms with van der Waals surface area (Å²) < 4.78 is 115. The van der Waals surface area contributed by atoms with Gasteiger partial charge in [0.15, 0.2) is 11.6 Å². The van der Waals surface area contributed by atoms with E-state index in [0.717, 1.165) is 0 Å². The highest BCUT2D eigenvalue weighted by molar-refractivity contribution is 5.89. The molecule has 0 N–H and O–H groups in total. The monoisotopic (exact) mass is 367 g/mol. The lowest BCUT2D eigenvalue weighted by Crippen LogP contribution is -2.45. The maximum Gasteiger partial charge on any atom is 0.434 e. The summed E-state index contributed by atoms with van der Waals surface area (Å²) in [7, 11) is 0. The molecule has 0 amide bonds. The Bertz CT molecular complexity index is 647. The van der Waals surface area contributed by atoms with Gasteiger partial charge in [-0.1, -0.05) is 5.76 Å². The molecule has 0 atom stereocenters. The largest absolute Gasteiger partial charge is 0.872 e. The maximum atomic E-state index is 13.2. The third-order valence-electron chi connectivity index (χ3n) is 2.35. The normalized spacial score (nSPS) is 13.3. The number of ether oxygens (including phenoxy) is 1. The molecule has 0 radical (unpaired) electrons. The van der Waals surface area contributed by atoms with E-state index in [1.165, 1.54) is 0 Å². The van der Waals surface area contributed by atoms with Crippen molar-refractivity contribution in [3.05, 3.63) is 41.2 Å². The number of carbonyl (C=O) groups is 1. The SMILES string of the molecule is O=C(/C=C(\[O-])c1cc(F)c(F)cc1F)OC(C(F)(F)F)C(F)(F)F. The van der Waals surface area contributed by atoms with Crippen molar-refractivity contribution in [2.75, 3.05) is 0 Å². The van der Waals surface area contributed by atoms with Crippen LogP contribution in [0.4, 0.5) is 39.5 Å². The van der Waals surface area contributed by atoms with Crippen LogP contribution >= 0.6 is 0 Å². The summed E-state index contributed by atoms with van der Waals surface area (Å²) in [6.45, 7) is 0. The molecule has 0 bridgehead atoms. The van der Waals surface area contributed by atoms with Crippen molar-refractivity contribution in [1.29, 1.82) is 0 Å². The van der Waals surface area contributed by atoms with Crippen molar-refractivity contribution in [1.82, 2.24) is 0 Å². The summed E-state index contributed by atoms with van der Waals surface area (Å²) in [6.07, 6.45) is -17.0. The van der Waals surface area contributed by atoms with Crippen LogP contribution in [-0.4, -0.2) is 24.4 Å². The van der Waals surface area contributed by atoms with E-state index in [9.17, 15) is 49.4 Å². The number of hydrogen-bond acceptors (Lipinski definition) is 3. The molecule has 0 unspecified atom stereocenters. The number of alkyl halides is 6. The maximum absolute atomic E-state index is 13.2. The zero-order valence-electron chi connectivity index (χ0n) is 10.9. The van der Waals surface area contributed by atoms with Gasteiger partial charge >= 0.3 is 18.3 Å². The predicted molar refractivity (Wildman–Crippen MR) is 56.3 cm³/mol. The molecule has 1 aromatic carbocycles. The second kappa shape index (κ2) is 6.61. The van der Waals surface area contributed by atoms with E-state index in [1.54, 1.807) is 0 Å². The lowest BCUT2D eigenvalue weighted by Gasteiger charge is -2.22. The van der Waals surface area contributed by atoms with Gasteiger partial charge in [-0.3, -0.25) is 0 Å². The van der Waals surface area contributed by atoms with Gasteiger partial charge in [-0.2, -0.15) is 26.3 Å². The standard InChI is InChI=1S/C12H5F9O3/c13-5-2-7(15)6(14)1-4(5)8(22)3-9(23)24-10(11(16,17)18)12(19,20)21/h1-3,10,22H/p-1/b8-3-. The van der Waals surface area contributed by atoms with E-state index in [4.69, 9.17) is 0 Å². The number of benzene rings is 1. The Hall–Kier alpha value is -2.40. The molecule has 1 aromatic rings. The summed E-state index contributed by atoms with van der Waals surface area (Å²) in [5.74, 6) is -9.35. The molecule has 0 saturated heterocycles. The molecule has 0 aromatic heterocycles. The van der Waals surface area contributed by atoms with Gasteiger partial charge < -0.3 is 9.84 Å². The van der Waals surface area contributed by atoms with Crippen LogP contribution < -0.4 is 5.11 Å². The first-order valence-corrected chi connectivity index (χ1v) is 5.61. The minimum absolute atomic E-state index is 0.0260. The van der Waals surface area contributed by atoms with E-state index < -0.39 is 59.3 Å². The smallest absolute Gasteiger partial charge is 0.434 e. The molecule has 0 heterocycles. The fourth-order valence-electron chi connectivity index (χ4n) is 1.37. The zero-order chi connectivity index (χ0) is 18.9. The summed E-state index contributed by atoms with van der Waals surface area (Å²) in [5, 5.41) is 11.4. The van der Waals surface area contributed by atoms with Crippen LogP contribution in [0, 0.1) is 17.5 Å². The molecule has 3 nitrogen and oxygen atoms in total. The van der Waals surface area contributed by atoms with Gasteiger partial charge in [0.05, 0.1) is 0 Å². The van der Waals surface area contributed by atoms with Crippen LogP contribution in [0.25, 0.3) is 5.76 Å². The van der Waals surface area contributed by atoms with Gasteiger partial charge in [0.1, 0.15) is 5.82 Å². The molecule has 0 fully saturated rings. The van der Waals surface area contributed by atoms with Crippen LogP contribution in [0.15, 0.2) is 18.2 Å². The lowest BCUT2D eigenvalue weighted by atomic mass is 10.1. The van der Waals surface area contributed by atoms with Gasteiger partial charge in [0, 0.05) is 17.7 Å². The quantitative estimate of drug-likeness (QED) is 0.271. The number of halogens is 9. The molecular formula is C12H4F9O3-. The average molecular weight is 367 g/mol. The van der Waals surface area contributed by atoms with Gasteiger partial charge in [0.2, 0.25) is 0 Å². The molecular weight excluding hydrogens is 363 g/mol. The van der Waals surface area contributed by atoms with Crippen molar-refractivity contribution in [2.45, 2.75) is 18.5 Å². The molecule has 0 aliphatic rings. The number of hydrogen-bond donors (Lipinski definition) is 0. The molecule has 24 heavy (non-hydrogen) atoms. The Morgan fingerprint density at radius 1 is 0.958 bits per heavy atom. The Morgan fingerprint density at radius 2 is 1.42 bits per heavy atom. The third kappa shape index (κ3) is 4.80. The van der Waals surface area contributed by atoms with Crippen LogP contribution in [-0.2, 0) is 9.53 Å². The second-order valence-corrected chi connectivity index (χ2v) is 4.15. The van der Waals surface area contributed by atoms with Crippen LogP contribution in [0.5, 0.6) is 0 Å². The molecule has 1 rings (SSSR count). The minimum atomic E-state index is -6.02. The number of esters is 1. The van der Waals surface area contributed by atoms with E-state index in [2.05, 4.69) is 4.74 Å². The highest BCUT2D eigenvalue weighted by Crippen LogP contribution is 2.35. The van der Waals surface area contributed by atoms with Gasteiger partial charge in [-0.05, 0) is 6.07 Å². The van der Waals surface area contributed by atoms with Crippen molar-refractivity contribution in [2.24, 2.45) is 0 Å². The van der Waals surface area contributed by atoms with Crippen LogP contribution in [0.3, 0.4) is 0 Å². The Labute approximate surface area is 126 Å². The van der Waals surface area contributed by atoms with E-state index in [1.807, 2.05) is 0 Å². The highest BCUT2D eigenvalue weighted by Gasteiger charge is 2.59. The topological polar surface area (TPSA) is 49.4 Å². The van der Waals surface area contributed by atoms with E-state index in [-0.39, 0.29) is 12.1 Å². The minimum Gasteiger partial charge on any atom is -0.872 e. The summed E-state index contributed by atoms with van der Waals surface area (Å²) in [4.78, 5) is 11.0. The lowest BCUT2D eigenvalue weighted by molar-refractivity contribution is -0.312. The second-order valence-electron chi connectivity index (χ2n) is 4.15. The van der Waals surface area contributed by atoms with E-state index >= 15 is 0 Å². The van der Waals surface area contributed by atoms with Gasteiger partial charge in [-0.25, -0.2) is 18.0 Å². The summed E-state index contributed by atoms with van der Waals surface area (Å²) in [6, 6.07) is -0.127. The Morgan fingerprint density at radius 3 is 1.88 bits per heavy atom. The molecule has 0 aliphatic carbocycles. The molecule has 0 aliphatic heterocycles. The predicted octanol–water partition coefficient (Wildman–Crippen LogP) is 2.84. The number of rotatable bonds is 3. The first kappa shape index (κ1) is 19.6. The third-order valence-corrected chi connectivity index (χ3v) is 2.35. The molecule has 0 spiro atoms. The fraction of sp³-hybridized carbons (Fsp3) is 0.250. The van der Waals surface area contributed by atoms with Gasteiger partial charge in [0.25, 0.3) is 6.10 Å². The van der Waals surface area contributed by atoms with Crippen molar-refractivity contribution < 1.29 is 54.2 Å². The van der Waals surface area contributed by atoms with Crippen LogP contribution in [0.1, 0.15) is 5.56 Å². The molecule has 134 valence electrons. The molecule has 12 heteroatoms. The number of carbonyl (C=O) groups excluding carboxylic acids is 1. The average Bonchev–Trinajstić information content (AvgIpc) is 2.37. The Kier molecular flexibility index (Phi) is 5.41. The highest BCUT2D eigenvalue weighted by atomic mass is 19.4. The summed E-state index contributed by atoms with van der Waals surface area (Å²) >= 11 is 0. The van der Waals surface area contributed by atoms with Crippen molar-refractivity contribution in [3.63, 3.8) is 0 Å².